The Morgan fingerprint density at radius 3 is 2.26 bits per heavy atom. The minimum Gasteiger partial charge on any atom is -0.352 e. The largest absolute Gasteiger partial charge is 0.352 e. The van der Waals surface area contributed by atoms with Crippen LogP contribution in [0.3, 0.4) is 0 Å². The van der Waals surface area contributed by atoms with Crippen molar-refractivity contribution in [1.82, 2.24) is 20.1 Å². The summed E-state index contributed by atoms with van der Waals surface area (Å²) < 4.78 is 2.31. The van der Waals surface area contributed by atoms with Crippen LogP contribution in [0.15, 0.2) is 29.4 Å². The van der Waals surface area contributed by atoms with Gasteiger partial charge in [-0.05, 0) is 43.6 Å². The number of carbonyl (C=O) groups excluding carboxylic acids is 1. The number of carbonyl (C=O) groups is 1. The predicted octanol–water partition coefficient (Wildman–Crippen LogP) is 5.90. The lowest BCUT2D eigenvalue weighted by atomic mass is 9.86. The first-order chi connectivity index (χ1) is 14.8. The van der Waals surface area contributed by atoms with Gasteiger partial charge in [0.05, 0.1) is 5.25 Å². The van der Waals surface area contributed by atoms with Gasteiger partial charge >= 0.3 is 0 Å². The molecule has 1 atom stereocenters. The highest BCUT2D eigenvalue weighted by Crippen LogP contribution is 2.38. The van der Waals surface area contributed by atoms with Crippen molar-refractivity contribution in [2.24, 2.45) is 0 Å². The van der Waals surface area contributed by atoms with E-state index >= 15 is 0 Å². The van der Waals surface area contributed by atoms with Crippen molar-refractivity contribution in [2.75, 3.05) is 0 Å². The Labute approximate surface area is 190 Å². The smallest absolute Gasteiger partial charge is 0.233 e. The van der Waals surface area contributed by atoms with Crippen LogP contribution in [-0.4, -0.2) is 32.0 Å². The van der Waals surface area contributed by atoms with E-state index in [1.807, 2.05) is 6.92 Å². The van der Waals surface area contributed by atoms with Crippen LogP contribution in [0.4, 0.5) is 0 Å². The van der Waals surface area contributed by atoms with Crippen molar-refractivity contribution >= 4 is 17.7 Å². The second-order valence-electron chi connectivity index (χ2n) is 10.2. The Hall–Kier alpha value is -1.82. The van der Waals surface area contributed by atoms with Gasteiger partial charge in [-0.2, -0.15) is 0 Å². The molecular weight excluding hydrogens is 404 g/mol. The first-order valence-corrected chi connectivity index (χ1v) is 12.7. The summed E-state index contributed by atoms with van der Waals surface area (Å²) in [4.78, 5) is 12.8. The molecule has 1 aromatic carbocycles. The molecule has 2 aromatic rings. The first kappa shape index (κ1) is 22.4. The van der Waals surface area contributed by atoms with Crippen LogP contribution < -0.4 is 5.32 Å². The molecular formula is C25H36N4OS. The van der Waals surface area contributed by atoms with E-state index in [9.17, 15) is 4.79 Å². The summed E-state index contributed by atoms with van der Waals surface area (Å²) in [5, 5.41) is 13.1. The van der Waals surface area contributed by atoms with Crippen molar-refractivity contribution < 1.29 is 4.79 Å². The summed E-state index contributed by atoms with van der Waals surface area (Å²) in [5.74, 6) is 1.05. The SMILES string of the molecule is CC(Sc1nnc(-c2ccc(C(C)(C)C)cc2)n1C1CCCC1)C(=O)NC1CCCC1. The predicted molar refractivity (Wildman–Crippen MR) is 127 cm³/mol. The molecule has 2 aliphatic rings. The van der Waals surface area contributed by atoms with Crippen LogP contribution in [0.25, 0.3) is 11.4 Å². The zero-order valence-corrected chi connectivity index (χ0v) is 20.2. The molecule has 2 fully saturated rings. The molecule has 1 aromatic heterocycles. The molecule has 0 spiro atoms. The quantitative estimate of drug-likeness (QED) is 0.568. The monoisotopic (exact) mass is 440 g/mol. The molecule has 0 radical (unpaired) electrons. The van der Waals surface area contributed by atoms with Crippen LogP contribution in [-0.2, 0) is 10.2 Å². The third-order valence-electron chi connectivity index (χ3n) is 6.72. The Kier molecular flexibility index (Phi) is 6.75. The fourth-order valence-corrected chi connectivity index (χ4v) is 5.69. The lowest BCUT2D eigenvalue weighted by molar-refractivity contribution is -0.120. The highest BCUT2D eigenvalue weighted by molar-refractivity contribution is 8.00. The topological polar surface area (TPSA) is 59.8 Å². The van der Waals surface area contributed by atoms with Crippen molar-refractivity contribution in [2.45, 2.75) is 107 Å². The van der Waals surface area contributed by atoms with Crippen LogP contribution in [0, 0.1) is 0 Å². The molecule has 1 unspecified atom stereocenters. The fourth-order valence-electron chi connectivity index (χ4n) is 4.77. The van der Waals surface area contributed by atoms with Gasteiger partial charge in [0.25, 0.3) is 0 Å². The minimum absolute atomic E-state index is 0.119. The third kappa shape index (κ3) is 5.16. The molecule has 2 aliphatic carbocycles. The minimum atomic E-state index is -0.180. The van der Waals surface area contributed by atoms with Gasteiger partial charge in [0.2, 0.25) is 5.91 Å². The highest BCUT2D eigenvalue weighted by atomic mass is 32.2. The standard InChI is InChI=1S/C25H36N4OS/c1-17(23(30)26-20-9-5-6-10-20)31-24-28-27-22(29(24)21-11-7-8-12-21)18-13-15-19(16-14-18)25(2,3)4/h13-17,20-21H,5-12H2,1-4H3,(H,26,30). The zero-order valence-electron chi connectivity index (χ0n) is 19.4. The molecule has 0 bridgehead atoms. The van der Waals surface area contributed by atoms with Crippen LogP contribution in [0.5, 0.6) is 0 Å². The van der Waals surface area contributed by atoms with Crippen molar-refractivity contribution in [3.8, 4) is 11.4 Å². The number of hydrogen-bond donors (Lipinski definition) is 1. The molecule has 168 valence electrons. The highest BCUT2D eigenvalue weighted by Gasteiger charge is 2.28. The number of hydrogen-bond acceptors (Lipinski definition) is 4. The number of nitrogens with zero attached hydrogens (tertiary/aromatic N) is 3. The molecule has 6 heteroatoms. The van der Waals surface area contributed by atoms with Gasteiger partial charge in [-0.3, -0.25) is 9.36 Å². The Balaban J connectivity index is 1.57. The summed E-state index contributed by atoms with van der Waals surface area (Å²) in [6, 6.07) is 9.50. The maximum atomic E-state index is 12.8. The van der Waals surface area contributed by atoms with Crippen LogP contribution in [0.1, 0.15) is 90.7 Å². The number of rotatable bonds is 6. The second-order valence-corrected chi connectivity index (χ2v) is 11.5. The van der Waals surface area contributed by atoms with E-state index in [-0.39, 0.29) is 16.6 Å². The molecule has 1 heterocycles. The molecule has 1 N–H and O–H groups in total. The van der Waals surface area contributed by atoms with Gasteiger partial charge < -0.3 is 5.32 Å². The van der Waals surface area contributed by atoms with E-state index in [1.54, 1.807) is 11.8 Å². The van der Waals surface area contributed by atoms with E-state index in [1.165, 1.54) is 31.2 Å². The summed E-state index contributed by atoms with van der Waals surface area (Å²) >= 11 is 1.55. The van der Waals surface area contributed by atoms with E-state index in [0.29, 0.717) is 12.1 Å². The molecule has 2 saturated carbocycles. The summed E-state index contributed by atoms with van der Waals surface area (Å²) in [6.07, 6.45) is 9.45. The zero-order chi connectivity index (χ0) is 22.0. The number of aromatic nitrogens is 3. The molecule has 1 amide bonds. The van der Waals surface area contributed by atoms with Gasteiger partial charge in [-0.15, -0.1) is 10.2 Å². The van der Waals surface area contributed by atoms with Crippen LogP contribution >= 0.6 is 11.8 Å². The fraction of sp³-hybridized carbons (Fsp3) is 0.640. The van der Waals surface area contributed by atoms with Gasteiger partial charge in [0.15, 0.2) is 11.0 Å². The maximum absolute atomic E-state index is 12.8. The second kappa shape index (κ2) is 9.35. The number of amides is 1. The summed E-state index contributed by atoms with van der Waals surface area (Å²) in [7, 11) is 0. The van der Waals surface area contributed by atoms with Gasteiger partial charge in [-0.1, -0.05) is 82.5 Å². The molecule has 5 nitrogen and oxygen atoms in total. The average molecular weight is 441 g/mol. The first-order valence-electron chi connectivity index (χ1n) is 11.9. The van der Waals surface area contributed by atoms with Gasteiger partial charge in [0.1, 0.15) is 0 Å². The number of nitrogens with one attached hydrogen (secondary N) is 1. The Morgan fingerprint density at radius 1 is 1.03 bits per heavy atom. The lowest BCUT2D eigenvalue weighted by Gasteiger charge is -2.21. The molecule has 4 rings (SSSR count). The van der Waals surface area contributed by atoms with Gasteiger partial charge in [0, 0.05) is 17.6 Å². The maximum Gasteiger partial charge on any atom is 0.233 e. The number of thioether (sulfide) groups is 1. The molecule has 0 saturated heterocycles. The van der Waals surface area contributed by atoms with Crippen molar-refractivity contribution in [1.29, 1.82) is 0 Å². The molecule has 0 aliphatic heterocycles. The molecule has 31 heavy (non-hydrogen) atoms. The van der Waals surface area contributed by atoms with Gasteiger partial charge in [-0.25, -0.2) is 0 Å². The van der Waals surface area contributed by atoms with E-state index < -0.39 is 0 Å². The van der Waals surface area contributed by atoms with E-state index in [0.717, 1.165) is 42.2 Å². The normalized spacial score (nSPS) is 19.1. The summed E-state index contributed by atoms with van der Waals surface area (Å²) in [5.41, 5.74) is 2.54. The van der Waals surface area contributed by atoms with Crippen molar-refractivity contribution in [3.05, 3.63) is 29.8 Å². The number of benzene rings is 1. The van der Waals surface area contributed by atoms with E-state index in [4.69, 9.17) is 0 Å². The lowest BCUT2D eigenvalue weighted by Crippen LogP contribution is -2.37. The average Bonchev–Trinajstić information content (AvgIpc) is 3.49. The summed E-state index contributed by atoms with van der Waals surface area (Å²) in [6.45, 7) is 8.68. The van der Waals surface area contributed by atoms with Crippen molar-refractivity contribution in [3.63, 3.8) is 0 Å². The van der Waals surface area contributed by atoms with E-state index in [2.05, 4.69) is 65.1 Å². The Morgan fingerprint density at radius 2 is 1.65 bits per heavy atom. The third-order valence-corrected chi connectivity index (χ3v) is 7.77. The Bertz CT molecular complexity index is 887. The van der Waals surface area contributed by atoms with Crippen LogP contribution in [0.2, 0.25) is 0 Å².